The summed E-state index contributed by atoms with van der Waals surface area (Å²) in [6.45, 7) is 0.425. The number of hydrogen-bond donors (Lipinski definition) is 0. The van der Waals surface area contributed by atoms with Gasteiger partial charge in [-0.25, -0.2) is 0 Å². The van der Waals surface area contributed by atoms with Crippen LogP contribution in [0, 0.1) is 0 Å². The third-order valence-electron chi connectivity index (χ3n) is 3.25. The molecule has 0 radical (unpaired) electrons. The van der Waals surface area contributed by atoms with Crippen molar-refractivity contribution in [2.45, 2.75) is 12.5 Å². The maximum atomic E-state index is 6.19. The number of benzene rings is 2. The first kappa shape index (κ1) is 14.2. The molecular formula is C17H13Cl2NO. The fourth-order valence-corrected chi connectivity index (χ4v) is 2.61. The Bertz CT molecular complexity index is 768. The van der Waals surface area contributed by atoms with Crippen molar-refractivity contribution >= 4 is 34.1 Å². The average molecular weight is 318 g/mol. The van der Waals surface area contributed by atoms with Crippen LogP contribution in [-0.2, 0) is 12.5 Å². The molecule has 0 amide bonds. The zero-order valence-corrected chi connectivity index (χ0v) is 12.7. The van der Waals surface area contributed by atoms with Gasteiger partial charge >= 0.3 is 0 Å². The Kier molecular flexibility index (Phi) is 4.28. The summed E-state index contributed by atoms with van der Waals surface area (Å²) in [6.07, 6.45) is 1.79. The fraction of sp³-hybridized carbons (Fsp3) is 0.118. The van der Waals surface area contributed by atoms with E-state index in [-0.39, 0.29) is 0 Å². The first-order valence-electron chi connectivity index (χ1n) is 6.58. The van der Waals surface area contributed by atoms with E-state index < -0.39 is 0 Å². The Morgan fingerprint density at radius 2 is 1.90 bits per heavy atom. The maximum absolute atomic E-state index is 6.19. The topological polar surface area (TPSA) is 22.1 Å². The number of para-hydroxylation sites is 1. The van der Waals surface area contributed by atoms with Gasteiger partial charge in [0.1, 0.15) is 12.4 Å². The molecule has 0 unspecified atom stereocenters. The van der Waals surface area contributed by atoms with Gasteiger partial charge in [0.15, 0.2) is 0 Å². The Hall–Kier alpha value is -1.77. The number of aromatic nitrogens is 1. The Morgan fingerprint density at radius 1 is 1.05 bits per heavy atom. The third-order valence-corrected chi connectivity index (χ3v) is 3.85. The molecule has 3 aromatic rings. The highest BCUT2D eigenvalue weighted by atomic mass is 35.5. The molecule has 0 N–H and O–H groups in total. The lowest BCUT2D eigenvalue weighted by atomic mass is 10.1. The normalized spacial score (nSPS) is 10.8. The predicted molar refractivity (Wildman–Crippen MR) is 87.1 cm³/mol. The van der Waals surface area contributed by atoms with Crippen LogP contribution in [-0.4, -0.2) is 4.98 Å². The monoisotopic (exact) mass is 317 g/mol. The van der Waals surface area contributed by atoms with Crippen molar-refractivity contribution in [2.75, 3.05) is 0 Å². The van der Waals surface area contributed by atoms with Crippen molar-refractivity contribution in [2.24, 2.45) is 0 Å². The van der Waals surface area contributed by atoms with Gasteiger partial charge in [-0.2, -0.15) is 0 Å². The van der Waals surface area contributed by atoms with Gasteiger partial charge in [0.2, 0.25) is 0 Å². The largest absolute Gasteiger partial charge is 0.487 e. The summed E-state index contributed by atoms with van der Waals surface area (Å²) < 4.78 is 5.82. The van der Waals surface area contributed by atoms with Crippen LogP contribution in [0.1, 0.15) is 11.1 Å². The van der Waals surface area contributed by atoms with E-state index in [1.54, 1.807) is 6.20 Å². The van der Waals surface area contributed by atoms with Crippen LogP contribution >= 0.6 is 23.2 Å². The molecule has 2 nitrogen and oxygen atoms in total. The van der Waals surface area contributed by atoms with Gasteiger partial charge in [-0.15, -0.1) is 11.6 Å². The van der Waals surface area contributed by atoms with Crippen molar-refractivity contribution < 1.29 is 4.74 Å². The number of rotatable bonds is 4. The number of pyridine rings is 1. The van der Waals surface area contributed by atoms with E-state index in [9.17, 15) is 0 Å². The molecule has 2 aromatic carbocycles. The molecular weight excluding hydrogens is 305 g/mol. The van der Waals surface area contributed by atoms with Gasteiger partial charge in [0, 0.05) is 23.0 Å². The van der Waals surface area contributed by atoms with E-state index in [0.29, 0.717) is 23.3 Å². The molecule has 1 heterocycles. The minimum absolute atomic E-state index is 0.425. The van der Waals surface area contributed by atoms with E-state index in [4.69, 9.17) is 27.9 Å². The lowest BCUT2D eigenvalue weighted by molar-refractivity contribution is 0.307. The molecule has 106 valence electrons. The number of fused-ring (bicyclic) bond motifs is 1. The van der Waals surface area contributed by atoms with Gasteiger partial charge in [-0.3, -0.25) is 4.98 Å². The van der Waals surface area contributed by atoms with Gasteiger partial charge in [-0.1, -0.05) is 41.9 Å². The average Bonchev–Trinajstić information content (AvgIpc) is 2.53. The van der Waals surface area contributed by atoms with Crippen LogP contribution in [0.2, 0.25) is 5.02 Å². The van der Waals surface area contributed by atoms with Crippen LogP contribution in [0.5, 0.6) is 5.75 Å². The van der Waals surface area contributed by atoms with Crippen molar-refractivity contribution in [1.82, 2.24) is 4.98 Å². The highest BCUT2D eigenvalue weighted by Crippen LogP contribution is 2.27. The number of nitrogens with zero attached hydrogens (tertiary/aromatic N) is 1. The van der Waals surface area contributed by atoms with Crippen molar-refractivity contribution in [3.05, 3.63) is 70.9 Å². The van der Waals surface area contributed by atoms with Crippen molar-refractivity contribution in [1.29, 1.82) is 0 Å². The number of halogens is 2. The van der Waals surface area contributed by atoms with Gasteiger partial charge in [0.25, 0.3) is 0 Å². The van der Waals surface area contributed by atoms with E-state index in [0.717, 1.165) is 22.0 Å². The lowest BCUT2D eigenvalue weighted by Gasteiger charge is -2.10. The van der Waals surface area contributed by atoms with E-state index in [2.05, 4.69) is 4.98 Å². The molecule has 0 bridgehead atoms. The van der Waals surface area contributed by atoms with Crippen molar-refractivity contribution in [3.63, 3.8) is 0 Å². The van der Waals surface area contributed by atoms with Gasteiger partial charge in [-0.05, 0) is 23.8 Å². The number of hydrogen-bond acceptors (Lipinski definition) is 2. The Balaban J connectivity index is 1.84. The number of ether oxygens (including phenoxy) is 1. The molecule has 0 aliphatic carbocycles. The van der Waals surface area contributed by atoms with Gasteiger partial charge in [0.05, 0.1) is 10.5 Å². The molecule has 1 aromatic heterocycles. The summed E-state index contributed by atoms with van der Waals surface area (Å²) in [4.78, 5) is 4.41. The fourth-order valence-electron chi connectivity index (χ4n) is 2.18. The SMILES string of the molecule is ClCc1ccc(OCc2cccc3cccnc23)c(Cl)c1. The lowest BCUT2D eigenvalue weighted by Crippen LogP contribution is -1.98. The van der Waals surface area contributed by atoms with Crippen LogP contribution < -0.4 is 4.74 Å². The zero-order valence-electron chi connectivity index (χ0n) is 11.2. The molecule has 0 aliphatic heterocycles. The van der Waals surface area contributed by atoms with E-state index in [1.165, 1.54) is 0 Å². The molecule has 4 heteroatoms. The molecule has 0 fully saturated rings. The molecule has 0 atom stereocenters. The second-order valence-corrected chi connectivity index (χ2v) is 5.35. The molecule has 0 spiro atoms. The summed E-state index contributed by atoms with van der Waals surface area (Å²) in [7, 11) is 0. The Labute approximate surface area is 133 Å². The second-order valence-electron chi connectivity index (χ2n) is 4.68. The summed E-state index contributed by atoms with van der Waals surface area (Å²) in [5.41, 5.74) is 2.96. The van der Waals surface area contributed by atoms with Crippen molar-refractivity contribution in [3.8, 4) is 5.75 Å². The molecule has 0 saturated heterocycles. The predicted octanol–water partition coefficient (Wildman–Crippen LogP) is 5.21. The third kappa shape index (κ3) is 3.12. The van der Waals surface area contributed by atoms with E-state index in [1.807, 2.05) is 48.5 Å². The molecule has 0 saturated carbocycles. The minimum atomic E-state index is 0.425. The zero-order chi connectivity index (χ0) is 14.7. The summed E-state index contributed by atoms with van der Waals surface area (Å²) in [5.74, 6) is 1.09. The first-order valence-corrected chi connectivity index (χ1v) is 7.49. The Morgan fingerprint density at radius 3 is 2.71 bits per heavy atom. The second kappa shape index (κ2) is 6.33. The molecule has 3 rings (SSSR count). The smallest absolute Gasteiger partial charge is 0.138 e. The standard InChI is InChI=1S/C17H13Cl2NO/c18-10-12-6-7-16(15(19)9-12)21-11-14-4-1-3-13-5-2-8-20-17(13)14/h1-9H,10-11H2. The van der Waals surface area contributed by atoms with Crippen LogP contribution in [0.15, 0.2) is 54.7 Å². The van der Waals surface area contributed by atoms with Crippen LogP contribution in [0.25, 0.3) is 10.9 Å². The molecule has 0 aliphatic rings. The molecule has 21 heavy (non-hydrogen) atoms. The number of alkyl halides is 1. The van der Waals surface area contributed by atoms with Crippen LogP contribution in [0.4, 0.5) is 0 Å². The van der Waals surface area contributed by atoms with Crippen LogP contribution in [0.3, 0.4) is 0 Å². The summed E-state index contributed by atoms with van der Waals surface area (Å²) in [6, 6.07) is 15.6. The quantitative estimate of drug-likeness (QED) is 0.616. The minimum Gasteiger partial charge on any atom is -0.487 e. The van der Waals surface area contributed by atoms with Gasteiger partial charge < -0.3 is 4.74 Å². The summed E-state index contributed by atoms with van der Waals surface area (Å²) in [5, 5.41) is 1.67. The maximum Gasteiger partial charge on any atom is 0.138 e. The summed E-state index contributed by atoms with van der Waals surface area (Å²) >= 11 is 12.0. The first-order chi connectivity index (χ1) is 10.3. The highest BCUT2D eigenvalue weighted by molar-refractivity contribution is 6.32. The highest BCUT2D eigenvalue weighted by Gasteiger charge is 2.06. The van der Waals surface area contributed by atoms with E-state index >= 15 is 0 Å².